The third-order valence-electron chi connectivity index (χ3n) is 2.59. The van der Waals surface area contributed by atoms with E-state index in [-0.39, 0.29) is 18.0 Å². The van der Waals surface area contributed by atoms with Gasteiger partial charge in [-0.3, -0.25) is 4.79 Å². The molecule has 0 aliphatic rings. The average Bonchev–Trinajstić information content (AvgIpc) is 2.43. The largest absolute Gasteiger partial charge is 0.466 e. The van der Waals surface area contributed by atoms with E-state index in [9.17, 15) is 4.79 Å². The predicted molar refractivity (Wildman–Crippen MR) is 63.0 cm³/mol. The summed E-state index contributed by atoms with van der Waals surface area (Å²) in [5.74, 6) is 1.54. The van der Waals surface area contributed by atoms with Gasteiger partial charge in [-0.2, -0.15) is 0 Å². The van der Waals surface area contributed by atoms with Crippen molar-refractivity contribution < 1.29 is 9.21 Å². The second-order valence-electron chi connectivity index (χ2n) is 4.33. The van der Waals surface area contributed by atoms with Crippen LogP contribution in [0.1, 0.15) is 43.4 Å². The number of carbonyl (C=O) groups is 1. The molecule has 0 aliphatic heterocycles. The van der Waals surface area contributed by atoms with Gasteiger partial charge >= 0.3 is 0 Å². The number of nitrogens with one attached hydrogen (secondary N) is 1. The number of aryl methyl sites for hydroxylation is 2. The maximum atomic E-state index is 10.8. The van der Waals surface area contributed by atoms with Crippen molar-refractivity contribution in [2.24, 2.45) is 5.73 Å². The molecule has 0 aromatic carbocycles. The summed E-state index contributed by atoms with van der Waals surface area (Å²) in [5.41, 5.74) is 6.28. The first kappa shape index (κ1) is 12.8. The zero-order chi connectivity index (χ0) is 12.3. The molecule has 3 N–H and O–H groups in total. The number of amides is 1. The van der Waals surface area contributed by atoms with Crippen LogP contribution in [0.4, 0.5) is 0 Å². The molecule has 0 spiro atoms. The van der Waals surface area contributed by atoms with E-state index in [0.717, 1.165) is 17.1 Å². The van der Waals surface area contributed by atoms with Gasteiger partial charge in [0.25, 0.3) is 0 Å². The predicted octanol–water partition coefficient (Wildman–Crippen LogP) is 1.81. The Hall–Kier alpha value is -1.29. The SMILES string of the molecule is Cc1cc(C(C)NC(C)CC(N)=O)c(C)o1. The Balaban J connectivity index is 2.61. The standard InChI is InChI=1S/C12H20N2O2/c1-7(5-12(13)15)14-9(3)11-6-8(2)16-10(11)4/h6-7,9,14H,5H2,1-4H3,(H2,13,15). The molecule has 1 amide bonds. The van der Waals surface area contributed by atoms with Crippen LogP contribution in [0.3, 0.4) is 0 Å². The van der Waals surface area contributed by atoms with Crippen LogP contribution in [0.15, 0.2) is 10.5 Å². The first-order chi connectivity index (χ1) is 7.40. The minimum Gasteiger partial charge on any atom is -0.466 e. The van der Waals surface area contributed by atoms with E-state index in [4.69, 9.17) is 10.2 Å². The molecule has 2 atom stereocenters. The fourth-order valence-corrected chi connectivity index (χ4v) is 1.96. The quantitative estimate of drug-likeness (QED) is 0.801. The van der Waals surface area contributed by atoms with Crippen LogP contribution in [-0.4, -0.2) is 11.9 Å². The van der Waals surface area contributed by atoms with Gasteiger partial charge in [0.1, 0.15) is 11.5 Å². The second-order valence-corrected chi connectivity index (χ2v) is 4.33. The van der Waals surface area contributed by atoms with Gasteiger partial charge in [0.05, 0.1) is 0 Å². The molecule has 0 radical (unpaired) electrons. The first-order valence-corrected chi connectivity index (χ1v) is 5.51. The number of hydrogen-bond donors (Lipinski definition) is 2. The lowest BCUT2D eigenvalue weighted by atomic mass is 10.1. The van der Waals surface area contributed by atoms with E-state index in [1.807, 2.05) is 26.8 Å². The highest BCUT2D eigenvalue weighted by Gasteiger charge is 2.15. The maximum Gasteiger partial charge on any atom is 0.218 e. The Morgan fingerprint density at radius 3 is 2.56 bits per heavy atom. The van der Waals surface area contributed by atoms with Crippen molar-refractivity contribution >= 4 is 5.91 Å². The van der Waals surface area contributed by atoms with Gasteiger partial charge in [-0.1, -0.05) is 0 Å². The lowest BCUT2D eigenvalue weighted by molar-refractivity contribution is -0.118. The summed E-state index contributed by atoms with van der Waals surface area (Å²) in [7, 11) is 0. The zero-order valence-electron chi connectivity index (χ0n) is 10.3. The van der Waals surface area contributed by atoms with Gasteiger partial charge < -0.3 is 15.5 Å². The third kappa shape index (κ3) is 3.38. The van der Waals surface area contributed by atoms with Crippen molar-refractivity contribution in [1.82, 2.24) is 5.32 Å². The van der Waals surface area contributed by atoms with Crippen molar-refractivity contribution in [3.8, 4) is 0 Å². The normalized spacial score (nSPS) is 14.8. The maximum absolute atomic E-state index is 10.8. The number of carbonyl (C=O) groups excluding carboxylic acids is 1. The van der Waals surface area contributed by atoms with Crippen molar-refractivity contribution in [2.75, 3.05) is 0 Å². The summed E-state index contributed by atoms with van der Waals surface area (Å²) >= 11 is 0. The Morgan fingerprint density at radius 1 is 1.50 bits per heavy atom. The summed E-state index contributed by atoms with van der Waals surface area (Å²) in [4.78, 5) is 10.8. The Bertz CT molecular complexity index is 371. The van der Waals surface area contributed by atoms with Crippen LogP contribution in [0, 0.1) is 13.8 Å². The van der Waals surface area contributed by atoms with Gasteiger partial charge in [0.15, 0.2) is 0 Å². The molecular formula is C12H20N2O2. The molecule has 4 heteroatoms. The number of nitrogens with two attached hydrogens (primary N) is 1. The molecule has 1 heterocycles. The summed E-state index contributed by atoms with van der Waals surface area (Å²) in [6, 6.07) is 2.25. The van der Waals surface area contributed by atoms with E-state index in [2.05, 4.69) is 12.2 Å². The molecule has 1 aromatic heterocycles. The molecule has 4 nitrogen and oxygen atoms in total. The van der Waals surface area contributed by atoms with Crippen LogP contribution < -0.4 is 11.1 Å². The molecule has 0 saturated carbocycles. The summed E-state index contributed by atoms with van der Waals surface area (Å²) in [5, 5.41) is 3.32. The molecule has 0 saturated heterocycles. The summed E-state index contributed by atoms with van der Waals surface area (Å²) in [6.07, 6.45) is 0.347. The van der Waals surface area contributed by atoms with E-state index >= 15 is 0 Å². The Morgan fingerprint density at radius 2 is 2.12 bits per heavy atom. The van der Waals surface area contributed by atoms with Crippen LogP contribution in [-0.2, 0) is 4.79 Å². The second kappa shape index (κ2) is 5.16. The average molecular weight is 224 g/mol. The topological polar surface area (TPSA) is 68.3 Å². The highest BCUT2D eigenvalue weighted by Crippen LogP contribution is 2.21. The number of rotatable bonds is 5. The fourth-order valence-electron chi connectivity index (χ4n) is 1.96. The van der Waals surface area contributed by atoms with Crippen molar-refractivity contribution in [1.29, 1.82) is 0 Å². The number of primary amides is 1. The number of hydrogen-bond acceptors (Lipinski definition) is 3. The van der Waals surface area contributed by atoms with Crippen molar-refractivity contribution in [3.05, 3.63) is 23.2 Å². The molecule has 16 heavy (non-hydrogen) atoms. The summed E-state index contributed by atoms with van der Waals surface area (Å²) < 4.78 is 5.47. The van der Waals surface area contributed by atoms with Crippen LogP contribution in [0.2, 0.25) is 0 Å². The van der Waals surface area contributed by atoms with E-state index in [0.29, 0.717) is 6.42 Å². The Labute approximate surface area is 96.2 Å². The van der Waals surface area contributed by atoms with Crippen LogP contribution in [0.5, 0.6) is 0 Å². The fraction of sp³-hybridized carbons (Fsp3) is 0.583. The van der Waals surface area contributed by atoms with Crippen LogP contribution in [0.25, 0.3) is 0 Å². The van der Waals surface area contributed by atoms with Gasteiger partial charge in [-0.25, -0.2) is 0 Å². The summed E-state index contributed by atoms with van der Waals surface area (Å²) in [6.45, 7) is 7.87. The highest BCUT2D eigenvalue weighted by molar-refractivity contribution is 5.74. The number of furan rings is 1. The van der Waals surface area contributed by atoms with Gasteiger partial charge in [0.2, 0.25) is 5.91 Å². The molecule has 90 valence electrons. The smallest absolute Gasteiger partial charge is 0.218 e. The van der Waals surface area contributed by atoms with E-state index < -0.39 is 0 Å². The van der Waals surface area contributed by atoms with Crippen molar-refractivity contribution in [2.45, 2.75) is 46.2 Å². The molecule has 2 unspecified atom stereocenters. The van der Waals surface area contributed by atoms with Gasteiger partial charge in [0, 0.05) is 24.1 Å². The van der Waals surface area contributed by atoms with Gasteiger partial charge in [-0.15, -0.1) is 0 Å². The monoisotopic (exact) mass is 224 g/mol. The minimum atomic E-state index is -0.285. The first-order valence-electron chi connectivity index (χ1n) is 5.51. The van der Waals surface area contributed by atoms with E-state index in [1.165, 1.54) is 0 Å². The third-order valence-corrected chi connectivity index (χ3v) is 2.59. The molecule has 0 bridgehead atoms. The van der Waals surface area contributed by atoms with Crippen LogP contribution >= 0.6 is 0 Å². The lowest BCUT2D eigenvalue weighted by Crippen LogP contribution is -2.33. The van der Waals surface area contributed by atoms with E-state index in [1.54, 1.807) is 0 Å². The molecule has 1 rings (SSSR count). The molecule has 0 aliphatic carbocycles. The lowest BCUT2D eigenvalue weighted by Gasteiger charge is -2.18. The molecule has 0 fully saturated rings. The molecular weight excluding hydrogens is 204 g/mol. The minimum absolute atomic E-state index is 0.0714. The zero-order valence-corrected chi connectivity index (χ0v) is 10.3. The highest BCUT2D eigenvalue weighted by atomic mass is 16.3. The Kier molecular flexibility index (Phi) is 4.12. The molecule has 1 aromatic rings. The van der Waals surface area contributed by atoms with Gasteiger partial charge in [-0.05, 0) is 33.8 Å². The van der Waals surface area contributed by atoms with Crippen molar-refractivity contribution in [3.63, 3.8) is 0 Å².